The lowest BCUT2D eigenvalue weighted by molar-refractivity contribution is 0.373. The molecule has 1 aromatic rings. The number of hydrogen-bond donors (Lipinski definition) is 2. The van der Waals surface area contributed by atoms with Crippen LogP contribution in [-0.2, 0) is 10.1 Å². The number of ether oxygens (including phenoxy) is 1. The quantitative estimate of drug-likeness (QED) is 0.806. The van der Waals surface area contributed by atoms with E-state index < -0.39 is 21.9 Å². The first-order valence-corrected chi connectivity index (χ1v) is 7.90. The maximum absolute atomic E-state index is 10.8. The normalized spacial score (nSPS) is 17.8. The largest absolute Gasteiger partial charge is 0.496 e. The van der Waals surface area contributed by atoms with Gasteiger partial charge in [0, 0.05) is 6.04 Å². The van der Waals surface area contributed by atoms with Gasteiger partial charge in [-0.1, -0.05) is 18.6 Å². The first-order valence-electron chi connectivity index (χ1n) is 6.29. The van der Waals surface area contributed by atoms with Crippen molar-refractivity contribution >= 4 is 10.1 Å². The van der Waals surface area contributed by atoms with Gasteiger partial charge in [0.25, 0.3) is 10.1 Å². The Morgan fingerprint density at radius 3 is 2.63 bits per heavy atom. The van der Waals surface area contributed by atoms with Crippen molar-refractivity contribution in [3.8, 4) is 5.75 Å². The fraction of sp³-hybridized carbons (Fsp3) is 0.538. The molecule has 0 heterocycles. The number of rotatable bonds is 5. The Morgan fingerprint density at radius 1 is 1.47 bits per heavy atom. The van der Waals surface area contributed by atoms with E-state index in [1.807, 2.05) is 12.1 Å². The first-order chi connectivity index (χ1) is 8.90. The van der Waals surface area contributed by atoms with Gasteiger partial charge in [0.2, 0.25) is 0 Å². The minimum Gasteiger partial charge on any atom is -0.496 e. The van der Waals surface area contributed by atoms with Gasteiger partial charge in [0.15, 0.2) is 0 Å². The second kappa shape index (κ2) is 5.48. The van der Waals surface area contributed by atoms with Gasteiger partial charge in [-0.25, -0.2) is 0 Å². The van der Waals surface area contributed by atoms with Crippen LogP contribution < -0.4 is 10.5 Å². The molecule has 1 aromatic carbocycles. The summed E-state index contributed by atoms with van der Waals surface area (Å²) in [7, 11) is -2.48. The third kappa shape index (κ3) is 3.46. The number of benzene rings is 1. The van der Waals surface area contributed by atoms with Crippen LogP contribution in [0.15, 0.2) is 18.2 Å². The SMILES string of the molecule is COc1cc(C(N)CS(=O)(=O)O)ccc1C1CCC1. The third-order valence-corrected chi connectivity index (χ3v) is 4.40. The van der Waals surface area contributed by atoms with Crippen LogP contribution in [0.25, 0.3) is 0 Å². The number of hydrogen-bond acceptors (Lipinski definition) is 4. The summed E-state index contributed by atoms with van der Waals surface area (Å²) in [4.78, 5) is 0. The highest BCUT2D eigenvalue weighted by Crippen LogP contribution is 2.41. The van der Waals surface area contributed by atoms with E-state index in [2.05, 4.69) is 0 Å². The molecule has 1 atom stereocenters. The molecular formula is C13H19NO4S. The summed E-state index contributed by atoms with van der Waals surface area (Å²) in [5, 5.41) is 0. The highest BCUT2D eigenvalue weighted by molar-refractivity contribution is 7.85. The van der Waals surface area contributed by atoms with Gasteiger partial charge >= 0.3 is 0 Å². The van der Waals surface area contributed by atoms with E-state index in [9.17, 15) is 8.42 Å². The van der Waals surface area contributed by atoms with Crippen molar-refractivity contribution in [2.24, 2.45) is 5.73 Å². The van der Waals surface area contributed by atoms with Crippen LogP contribution in [0.1, 0.15) is 42.3 Å². The molecule has 106 valence electrons. The summed E-state index contributed by atoms with van der Waals surface area (Å²) < 4.78 is 35.9. The maximum Gasteiger partial charge on any atom is 0.266 e. The van der Waals surface area contributed by atoms with Crippen LogP contribution in [0.4, 0.5) is 0 Å². The predicted octanol–water partition coefficient (Wildman–Crippen LogP) is 1.85. The molecule has 0 aromatic heterocycles. The summed E-state index contributed by atoms with van der Waals surface area (Å²) in [5.41, 5.74) is 7.58. The van der Waals surface area contributed by atoms with Crippen LogP contribution in [0.3, 0.4) is 0 Å². The fourth-order valence-corrected chi connectivity index (χ4v) is 2.98. The zero-order chi connectivity index (χ0) is 14.0. The average molecular weight is 285 g/mol. The summed E-state index contributed by atoms with van der Waals surface area (Å²) in [6, 6.07) is 4.77. The molecule has 5 nitrogen and oxygen atoms in total. The van der Waals surface area contributed by atoms with Gasteiger partial charge in [-0.2, -0.15) is 8.42 Å². The summed E-state index contributed by atoms with van der Waals surface area (Å²) in [6.07, 6.45) is 3.55. The van der Waals surface area contributed by atoms with E-state index in [4.69, 9.17) is 15.0 Å². The molecule has 1 aliphatic rings. The zero-order valence-electron chi connectivity index (χ0n) is 10.9. The van der Waals surface area contributed by atoms with Crippen molar-refractivity contribution in [3.63, 3.8) is 0 Å². The summed E-state index contributed by atoms with van der Waals surface area (Å²) >= 11 is 0. The van der Waals surface area contributed by atoms with Crippen LogP contribution in [0, 0.1) is 0 Å². The lowest BCUT2D eigenvalue weighted by Crippen LogP contribution is -2.21. The van der Waals surface area contributed by atoms with E-state index in [-0.39, 0.29) is 0 Å². The first kappa shape index (κ1) is 14.3. The number of methoxy groups -OCH3 is 1. The Labute approximate surface area is 113 Å². The average Bonchev–Trinajstić information content (AvgIpc) is 2.24. The van der Waals surface area contributed by atoms with Crippen LogP contribution >= 0.6 is 0 Å². The van der Waals surface area contributed by atoms with Crippen molar-refractivity contribution < 1.29 is 17.7 Å². The Morgan fingerprint density at radius 2 is 2.16 bits per heavy atom. The predicted molar refractivity (Wildman–Crippen MR) is 72.9 cm³/mol. The molecule has 0 aliphatic heterocycles. The van der Waals surface area contributed by atoms with Crippen molar-refractivity contribution in [2.45, 2.75) is 31.2 Å². The van der Waals surface area contributed by atoms with Gasteiger partial charge in [-0.15, -0.1) is 0 Å². The van der Waals surface area contributed by atoms with E-state index in [1.54, 1.807) is 13.2 Å². The highest BCUT2D eigenvalue weighted by Gasteiger charge is 2.24. The van der Waals surface area contributed by atoms with E-state index in [0.717, 1.165) is 24.2 Å². The Hall–Kier alpha value is -1.11. The second-order valence-electron chi connectivity index (χ2n) is 4.98. The molecule has 1 aliphatic carbocycles. The van der Waals surface area contributed by atoms with Gasteiger partial charge in [-0.05, 0) is 36.0 Å². The number of nitrogens with two attached hydrogens (primary N) is 1. The third-order valence-electron chi connectivity index (χ3n) is 3.62. The Kier molecular flexibility index (Phi) is 4.13. The van der Waals surface area contributed by atoms with Crippen LogP contribution in [0.5, 0.6) is 5.75 Å². The molecule has 0 radical (unpaired) electrons. The van der Waals surface area contributed by atoms with E-state index in [0.29, 0.717) is 11.5 Å². The molecule has 0 saturated heterocycles. The summed E-state index contributed by atoms with van der Waals surface area (Å²) in [6.45, 7) is 0. The van der Waals surface area contributed by atoms with Crippen molar-refractivity contribution in [2.75, 3.05) is 12.9 Å². The van der Waals surface area contributed by atoms with Crippen molar-refractivity contribution in [1.29, 1.82) is 0 Å². The van der Waals surface area contributed by atoms with Crippen LogP contribution in [-0.4, -0.2) is 25.8 Å². The fourth-order valence-electron chi connectivity index (χ4n) is 2.34. The van der Waals surface area contributed by atoms with E-state index in [1.165, 1.54) is 6.42 Å². The molecule has 1 unspecified atom stereocenters. The monoisotopic (exact) mass is 285 g/mol. The van der Waals surface area contributed by atoms with Gasteiger partial charge in [-0.3, -0.25) is 4.55 Å². The van der Waals surface area contributed by atoms with Crippen molar-refractivity contribution in [1.82, 2.24) is 0 Å². The minimum absolute atomic E-state index is 0.487. The molecule has 3 N–H and O–H groups in total. The zero-order valence-corrected chi connectivity index (χ0v) is 11.7. The molecule has 1 saturated carbocycles. The minimum atomic E-state index is -4.08. The molecule has 6 heteroatoms. The second-order valence-corrected chi connectivity index (χ2v) is 6.48. The molecule has 0 amide bonds. The standard InChI is InChI=1S/C13H19NO4S/c1-18-13-7-10(12(14)8-19(15,16)17)5-6-11(13)9-3-2-4-9/h5-7,9,12H,2-4,8,14H2,1H3,(H,15,16,17). The Bertz CT molecular complexity index is 552. The van der Waals surface area contributed by atoms with E-state index >= 15 is 0 Å². The smallest absolute Gasteiger partial charge is 0.266 e. The maximum atomic E-state index is 10.8. The Balaban J connectivity index is 2.23. The molecular weight excluding hydrogens is 266 g/mol. The topological polar surface area (TPSA) is 89.6 Å². The molecule has 0 spiro atoms. The lowest BCUT2D eigenvalue weighted by atomic mass is 9.79. The van der Waals surface area contributed by atoms with Gasteiger partial charge in [0.1, 0.15) is 5.75 Å². The van der Waals surface area contributed by atoms with Gasteiger partial charge < -0.3 is 10.5 Å². The van der Waals surface area contributed by atoms with Crippen molar-refractivity contribution in [3.05, 3.63) is 29.3 Å². The molecule has 2 rings (SSSR count). The molecule has 0 bridgehead atoms. The van der Waals surface area contributed by atoms with Gasteiger partial charge in [0.05, 0.1) is 12.9 Å². The molecule has 1 fully saturated rings. The summed E-state index contributed by atoms with van der Waals surface area (Å²) in [5.74, 6) is 0.786. The van der Waals surface area contributed by atoms with Crippen LogP contribution in [0.2, 0.25) is 0 Å². The lowest BCUT2D eigenvalue weighted by Gasteiger charge is -2.28. The highest BCUT2D eigenvalue weighted by atomic mass is 32.2. The molecule has 19 heavy (non-hydrogen) atoms.